The first-order valence-corrected chi connectivity index (χ1v) is 7.10. The first-order valence-electron chi connectivity index (χ1n) is 6.73. The maximum absolute atomic E-state index is 13.8. The Morgan fingerprint density at radius 2 is 2.00 bits per heavy atom. The van der Waals surface area contributed by atoms with Crippen molar-refractivity contribution >= 4 is 17.3 Å². The summed E-state index contributed by atoms with van der Waals surface area (Å²) in [5.74, 6) is -0.195. The van der Waals surface area contributed by atoms with Crippen LogP contribution in [0.2, 0.25) is 5.02 Å². The van der Waals surface area contributed by atoms with Crippen molar-refractivity contribution in [1.82, 2.24) is 0 Å². The highest BCUT2D eigenvalue weighted by Gasteiger charge is 2.22. The highest BCUT2D eigenvalue weighted by atomic mass is 35.5. The van der Waals surface area contributed by atoms with Gasteiger partial charge >= 0.3 is 0 Å². The van der Waals surface area contributed by atoms with Crippen molar-refractivity contribution in [3.8, 4) is 0 Å². The van der Waals surface area contributed by atoms with Crippen LogP contribution in [-0.2, 0) is 0 Å². The lowest BCUT2D eigenvalue weighted by molar-refractivity contribution is 0.625. The second-order valence-corrected chi connectivity index (χ2v) is 5.55. The molecule has 0 saturated heterocycles. The summed E-state index contributed by atoms with van der Waals surface area (Å²) < 4.78 is 13.8. The van der Waals surface area contributed by atoms with Crippen LogP contribution in [0.5, 0.6) is 0 Å². The highest BCUT2D eigenvalue weighted by molar-refractivity contribution is 6.30. The topological polar surface area (TPSA) is 12.4 Å². The molecule has 0 aromatic heterocycles. The molecular weight excluding hydrogens is 273 g/mol. The number of hydrogen-bond acceptors (Lipinski definition) is 1. The molecule has 1 atom stereocenters. The van der Waals surface area contributed by atoms with Crippen molar-refractivity contribution in [1.29, 1.82) is 0 Å². The van der Waals surface area contributed by atoms with Crippen molar-refractivity contribution < 1.29 is 4.39 Å². The molecular formula is C17H15ClFN. The van der Waals surface area contributed by atoms with Gasteiger partial charge in [-0.15, -0.1) is 0 Å². The molecule has 20 heavy (non-hydrogen) atoms. The molecule has 0 aliphatic carbocycles. The average Bonchev–Trinajstić information content (AvgIpc) is 2.88. The molecule has 0 N–H and O–H groups in total. The number of aryl methyl sites for hydroxylation is 1. The van der Waals surface area contributed by atoms with Crippen LogP contribution in [0.4, 0.5) is 4.39 Å². The van der Waals surface area contributed by atoms with E-state index in [0.29, 0.717) is 5.56 Å². The van der Waals surface area contributed by atoms with E-state index in [-0.39, 0.29) is 11.9 Å². The minimum atomic E-state index is -0.195. The fourth-order valence-corrected chi connectivity index (χ4v) is 2.95. The molecule has 1 nitrogen and oxygen atoms in total. The van der Waals surface area contributed by atoms with Gasteiger partial charge in [0.15, 0.2) is 0 Å². The monoisotopic (exact) mass is 287 g/mol. The molecule has 0 fully saturated rings. The fraction of sp³-hybridized carbons (Fsp3) is 0.235. The number of halogens is 2. The van der Waals surface area contributed by atoms with Gasteiger partial charge in [-0.25, -0.2) is 4.39 Å². The van der Waals surface area contributed by atoms with Crippen LogP contribution in [0.15, 0.2) is 47.5 Å². The SMILES string of the molecule is Cc1cc(Cl)ccc1C1CCC(c2ccccc2F)=N1. The van der Waals surface area contributed by atoms with E-state index in [1.807, 2.05) is 31.2 Å². The Bertz CT molecular complexity index is 678. The predicted molar refractivity (Wildman–Crippen MR) is 81.1 cm³/mol. The van der Waals surface area contributed by atoms with Crippen molar-refractivity contribution in [2.45, 2.75) is 25.8 Å². The minimum absolute atomic E-state index is 0.113. The van der Waals surface area contributed by atoms with E-state index in [0.717, 1.165) is 29.1 Å². The van der Waals surface area contributed by atoms with Gasteiger partial charge < -0.3 is 0 Å². The zero-order valence-electron chi connectivity index (χ0n) is 11.2. The standard InChI is InChI=1S/C17H15ClFN/c1-11-10-12(18)6-7-13(11)16-8-9-17(20-16)14-4-2-3-5-15(14)19/h2-7,10,16H,8-9H2,1H3. The maximum atomic E-state index is 13.8. The molecule has 0 saturated carbocycles. The highest BCUT2D eigenvalue weighted by Crippen LogP contribution is 2.34. The van der Waals surface area contributed by atoms with Gasteiger partial charge in [0, 0.05) is 16.3 Å². The molecule has 2 aromatic carbocycles. The predicted octanol–water partition coefficient (Wildman–Crippen LogP) is 5.11. The zero-order valence-corrected chi connectivity index (χ0v) is 12.0. The van der Waals surface area contributed by atoms with E-state index in [1.165, 1.54) is 11.6 Å². The van der Waals surface area contributed by atoms with Gasteiger partial charge in [-0.1, -0.05) is 35.9 Å². The third-order valence-electron chi connectivity index (χ3n) is 3.74. The Labute approximate surface area is 123 Å². The molecule has 0 radical (unpaired) electrons. The number of benzene rings is 2. The van der Waals surface area contributed by atoms with Crippen molar-refractivity contribution in [3.63, 3.8) is 0 Å². The lowest BCUT2D eigenvalue weighted by atomic mass is 9.99. The van der Waals surface area contributed by atoms with Crippen molar-refractivity contribution in [2.24, 2.45) is 4.99 Å². The molecule has 1 heterocycles. The lowest BCUT2D eigenvalue weighted by Crippen LogP contribution is -1.99. The number of hydrogen-bond donors (Lipinski definition) is 0. The van der Waals surface area contributed by atoms with E-state index in [2.05, 4.69) is 0 Å². The van der Waals surface area contributed by atoms with Crippen LogP contribution in [0, 0.1) is 12.7 Å². The summed E-state index contributed by atoms with van der Waals surface area (Å²) in [6.45, 7) is 2.04. The Morgan fingerprint density at radius 1 is 1.20 bits per heavy atom. The summed E-state index contributed by atoms with van der Waals surface area (Å²) in [5.41, 5.74) is 3.81. The third-order valence-corrected chi connectivity index (χ3v) is 3.98. The van der Waals surface area contributed by atoms with Crippen LogP contribution in [0.25, 0.3) is 0 Å². The number of aliphatic imine (C=N–C) groups is 1. The lowest BCUT2D eigenvalue weighted by Gasteiger charge is -2.10. The smallest absolute Gasteiger partial charge is 0.132 e. The maximum Gasteiger partial charge on any atom is 0.132 e. The second-order valence-electron chi connectivity index (χ2n) is 5.11. The summed E-state index contributed by atoms with van der Waals surface area (Å²) >= 11 is 5.98. The first-order chi connectivity index (χ1) is 9.65. The molecule has 0 bridgehead atoms. The quantitative estimate of drug-likeness (QED) is 0.728. The van der Waals surface area contributed by atoms with Crippen LogP contribution in [-0.4, -0.2) is 5.71 Å². The molecule has 1 aliphatic heterocycles. The van der Waals surface area contributed by atoms with Gasteiger partial charge in [0.1, 0.15) is 5.82 Å². The Morgan fingerprint density at radius 3 is 2.75 bits per heavy atom. The minimum Gasteiger partial charge on any atom is -0.281 e. The Balaban J connectivity index is 1.94. The van der Waals surface area contributed by atoms with Crippen LogP contribution < -0.4 is 0 Å². The van der Waals surface area contributed by atoms with E-state index >= 15 is 0 Å². The summed E-state index contributed by atoms with van der Waals surface area (Å²) in [4.78, 5) is 4.71. The van der Waals surface area contributed by atoms with Gasteiger partial charge in [0.2, 0.25) is 0 Å². The first kappa shape index (κ1) is 13.3. The van der Waals surface area contributed by atoms with Crippen molar-refractivity contribution in [2.75, 3.05) is 0 Å². The van der Waals surface area contributed by atoms with E-state index in [1.54, 1.807) is 12.1 Å². The molecule has 1 aliphatic rings. The van der Waals surface area contributed by atoms with Crippen LogP contribution in [0.3, 0.4) is 0 Å². The van der Waals surface area contributed by atoms with Gasteiger partial charge in [0.05, 0.1) is 6.04 Å². The van der Waals surface area contributed by atoms with E-state index in [4.69, 9.17) is 16.6 Å². The molecule has 0 spiro atoms. The Hall–Kier alpha value is -1.67. The van der Waals surface area contributed by atoms with Crippen LogP contribution in [0.1, 0.15) is 35.6 Å². The average molecular weight is 288 g/mol. The molecule has 1 unspecified atom stereocenters. The van der Waals surface area contributed by atoms with Gasteiger partial charge in [-0.2, -0.15) is 0 Å². The second kappa shape index (κ2) is 5.37. The molecule has 3 rings (SSSR count). The molecule has 3 heteroatoms. The third kappa shape index (κ3) is 2.48. The largest absolute Gasteiger partial charge is 0.281 e. The summed E-state index contributed by atoms with van der Waals surface area (Å²) in [6.07, 6.45) is 1.74. The van der Waals surface area contributed by atoms with E-state index < -0.39 is 0 Å². The van der Waals surface area contributed by atoms with E-state index in [9.17, 15) is 4.39 Å². The van der Waals surface area contributed by atoms with Gasteiger partial charge in [0.25, 0.3) is 0 Å². The molecule has 2 aromatic rings. The van der Waals surface area contributed by atoms with Crippen LogP contribution >= 0.6 is 11.6 Å². The number of nitrogens with zero attached hydrogens (tertiary/aromatic N) is 1. The summed E-state index contributed by atoms with van der Waals surface area (Å²) in [6, 6.07) is 12.8. The summed E-state index contributed by atoms with van der Waals surface area (Å²) in [5, 5.41) is 0.738. The van der Waals surface area contributed by atoms with Crippen molar-refractivity contribution in [3.05, 3.63) is 70.0 Å². The molecule has 102 valence electrons. The zero-order chi connectivity index (χ0) is 14.1. The fourth-order valence-electron chi connectivity index (χ4n) is 2.73. The number of rotatable bonds is 2. The van der Waals surface area contributed by atoms with Gasteiger partial charge in [-0.05, 0) is 49.1 Å². The molecule has 0 amide bonds. The normalized spacial score (nSPS) is 18.1. The summed E-state index contributed by atoms with van der Waals surface area (Å²) in [7, 11) is 0. The van der Waals surface area contributed by atoms with Gasteiger partial charge in [-0.3, -0.25) is 4.99 Å². The Kier molecular flexibility index (Phi) is 3.58.